The molecule has 2 N–H and O–H groups in total. The minimum atomic E-state index is 0. The number of ether oxygens (including phenoxy) is 1. The van der Waals surface area contributed by atoms with Crippen molar-refractivity contribution in [3.63, 3.8) is 0 Å². The van der Waals surface area contributed by atoms with Crippen LogP contribution in [0.15, 0.2) is 29.3 Å². The molecule has 1 fully saturated rings. The Morgan fingerprint density at radius 2 is 1.94 bits per heavy atom. The predicted octanol–water partition coefficient (Wildman–Crippen LogP) is 3.26. The number of hydrogen-bond donors (Lipinski definition) is 2. The minimum Gasteiger partial charge on any atom is -0.379 e. The van der Waals surface area contributed by atoms with Gasteiger partial charge in [-0.3, -0.25) is 9.89 Å². The molecule has 0 bridgehead atoms. The van der Waals surface area contributed by atoms with Gasteiger partial charge >= 0.3 is 0 Å². The maximum atomic E-state index is 5.53. The summed E-state index contributed by atoms with van der Waals surface area (Å²) in [5, 5.41) is 7.02. The van der Waals surface area contributed by atoms with Crippen LogP contribution in [0.25, 0.3) is 11.0 Å². The largest absolute Gasteiger partial charge is 0.379 e. The monoisotopic (exact) mass is 542 g/mol. The van der Waals surface area contributed by atoms with Gasteiger partial charge in [-0.15, -0.1) is 24.0 Å². The van der Waals surface area contributed by atoms with Crippen molar-refractivity contribution in [3.05, 3.63) is 30.1 Å². The van der Waals surface area contributed by atoms with E-state index in [2.05, 4.69) is 69.0 Å². The second kappa shape index (κ2) is 13.2. The van der Waals surface area contributed by atoms with Gasteiger partial charge in [-0.25, -0.2) is 4.98 Å². The number of nitrogens with zero attached hydrogens (tertiary/aromatic N) is 4. The number of morpholine rings is 1. The number of aliphatic imine (C=N–C) groups is 1. The molecule has 1 saturated heterocycles. The number of fused-ring (bicyclic) bond motifs is 1. The molecule has 2 aromatic rings. The number of hydrogen-bond acceptors (Lipinski definition) is 4. The van der Waals surface area contributed by atoms with E-state index in [1.54, 1.807) is 0 Å². The van der Waals surface area contributed by atoms with Crippen LogP contribution in [0.2, 0.25) is 0 Å². The summed E-state index contributed by atoms with van der Waals surface area (Å²) in [5.74, 6) is 2.62. The van der Waals surface area contributed by atoms with Crippen LogP contribution in [-0.4, -0.2) is 72.9 Å². The normalized spacial score (nSPS) is 16.4. The van der Waals surface area contributed by atoms with E-state index >= 15 is 0 Å². The number of rotatable bonds is 9. The van der Waals surface area contributed by atoms with E-state index in [1.807, 2.05) is 13.1 Å². The van der Waals surface area contributed by atoms with E-state index in [4.69, 9.17) is 4.74 Å². The van der Waals surface area contributed by atoms with Crippen LogP contribution in [0.3, 0.4) is 0 Å². The molecule has 8 heteroatoms. The fourth-order valence-corrected chi connectivity index (χ4v) is 4.21. The molecule has 1 unspecified atom stereocenters. The van der Waals surface area contributed by atoms with E-state index in [-0.39, 0.29) is 24.0 Å². The Labute approximate surface area is 204 Å². The predicted molar refractivity (Wildman–Crippen MR) is 140 cm³/mol. The summed E-state index contributed by atoms with van der Waals surface area (Å²) in [6.45, 7) is 13.1. The molecule has 1 aliphatic rings. The Balaban J connectivity index is 0.00000341. The van der Waals surface area contributed by atoms with Gasteiger partial charge in [0.25, 0.3) is 0 Å². The second-order valence-electron chi connectivity index (χ2n) is 8.46. The van der Waals surface area contributed by atoms with Gasteiger partial charge in [0.2, 0.25) is 0 Å². The van der Waals surface area contributed by atoms with Crippen molar-refractivity contribution in [2.45, 2.75) is 46.2 Å². The first-order valence-corrected chi connectivity index (χ1v) is 11.3. The summed E-state index contributed by atoms with van der Waals surface area (Å²) in [6, 6.07) is 8.84. The summed E-state index contributed by atoms with van der Waals surface area (Å²) >= 11 is 0. The molecule has 1 aromatic heterocycles. The number of aromatic nitrogens is 2. The number of para-hydroxylation sites is 2. The molecule has 1 aromatic carbocycles. The third-order valence-corrected chi connectivity index (χ3v) is 5.73. The Kier molecular flexibility index (Phi) is 11.0. The number of imidazole rings is 1. The third-order valence-electron chi connectivity index (χ3n) is 5.73. The molecular formula is C23H39IN6O. The maximum absolute atomic E-state index is 5.53. The second-order valence-corrected chi connectivity index (χ2v) is 8.46. The van der Waals surface area contributed by atoms with Gasteiger partial charge in [-0.2, -0.15) is 0 Å². The molecule has 31 heavy (non-hydrogen) atoms. The number of guanidine groups is 1. The van der Waals surface area contributed by atoms with Crippen LogP contribution in [0.4, 0.5) is 0 Å². The van der Waals surface area contributed by atoms with Crippen LogP contribution in [0.1, 0.15) is 32.5 Å². The highest BCUT2D eigenvalue weighted by Gasteiger charge is 2.22. The van der Waals surface area contributed by atoms with Crippen molar-refractivity contribution >= 4 is 41.0 Å². The molecule has 1 atom stereocenters. The SMILES string of the molecule is CN=C(NCCCn1c(C)nc2ccccc21)NCC(CC(C)C)N1CCOCC1.I. The topological polar surface area (TPSA) is 66.7 Å². The molecule has 0 aliphatic carbocycles. The van der Waals surface area contributed by atoms with E-state index in [0.29, 0.717) is 12.0 Å². The molecule has 174 valence electrons. The lowest BCUT2D eigenvalue weighted by molar-refractivity contribution is 0.0132. The highest BCUT2D eigenvalue weighted by Crippen LogP contribution is 2.16. The van der Waals surface area contributed by atoms with Crippen LogP contribution < -0.4 is 10.6 Å². The van der Waals surface area contributed by atoms with Gasteiger partial charge < -0.3 is 19.9 Å². The fraction of sp³-hybridized carbons (Fsp3) is 0.652. The van der Waals surface area contributed by atoms with E-state index in [0.717, 1.165) is 69.7 Å². The highest BCUT2D eigenvalue weighted by molar-refractivity contribution is 14.0. The van der Waals surface area contributed by atoms with Crippen LogP contribution in [-0.2, 0) is 11.3 Å². The highest BCUT2D eigenvalue weighted by atomic mass is 127. The van der Waals surface area contributed by atoms with Crippen molar-refractivity contribution in [3.8, 4) is 0 Å². The number of halogens is 1. The van der Waals surface area contributed by atoms with Gasteiger partial charge in [0.1, 0.15) is 5.82 Å². The molecule has 1 aliphatic heterocycles. The Hall–Kier alpha value is -1.39. The number of aryl methyl sites for hydroxylation is 2. The maximum Gasteiger partial charge on any atom is 0.191 e. The average molecular weight is 543 g/mol. The van der Waals surface area contributed by atoms with E-state index in [9.17, 15) is 0 Å². The summed E-state index contributed by atoms with van der Waals surface area (Å²) in [5.41, 5.74) is 2.28. The molecule has 0 radical (unpaired) electrons. The van der Waals surface area contributed by atoms with Crippen LogP contribution in [0.5, 0.6) is 0 Å². The Bertz CT molecular complexity index is 815. The fourth-order valence-electron chi connectivity index (χ4n) is 4.21. The zero-order chi connectivity index (χ0) is 21.3. The summed E-state index contributed by atoms with van der Waals surface area (Å²) in [6.07, 6.45) is 2.19. The van der Waals surface area contributed by atoms with Gasteiger partial charge in [-0.1, -0.05) is 26.0 Å². The molecule has 3 rings (SSSR count). The lowest BCUT2D eigenvalue weighted by atomic mass is 10.0. The first kappa shape index (κ1) is 25.9. The molecule has 0 spiro atoms. The van der Waals surface area contributed by atoms with E-state index in [1.165, 1.54) is 11.9 Å². The van der Waals surface area contributed by atoms with Gasteiger partial charge in [-0.05, 0) is 37.8 Å². The Morgan fingerprint density at radius 3 is 2.65 bits per heavy atom. The molecule has 7 nitrogen and oxygen atoms in total. The summed E-state index contributed by atoms with van der Waals surface area (Å²) in [7, 11) is 1.84. The Morgan fingerprint density at radius 1 is 1.19 bits per heavy atom. The minimum absolute atomic E-state index is 0. The molecule has 2 heterocycles. The number of nitrogens with one attached hydrogen (secondary N) is 2. The molecular weight excluding hydrogens is 503 g/mol. The lowest BCUT2D eigenvalue weighted by Gasteiger charge is -2.35. The van der Waals surface area contributed by atoms with Crippen LogP contribution in [0, 0.1) is 12.8 Å². The summed E-state index contributed by atoms with van der Waals surface area (Å²) < 4.78 is 7.82. The van der Waals surface area contributed by atoms with Crippen molar-refractivity contribution in [2.24, 2.45) is 10.9 Å². The van der Waals surface area contributed by atoms with Crippen LogP contribution >= 0.6 is 24.0 Å². The zero-order valence-electron chi connectivity index (χ0n) is 19.4. The van der Waals surface area contributed by atoms with E-state index < -0.39 is 0 Å². The number of benzene rings is 1. The summed E-state index contributed by atoms with van der Waals surface area (Å²) in [4.78, 5) is 11.6. The van der Waals surface area contributed by atoms with Gasteiger partial charge in [0, 0.05) is 45.8 Å². The first-order chi connectivity index (χ1) is 14.6. The first-order valence-electron chi connectivity index (χ1n) is 11.3. The van der Waals surface area contributed by atoms with Gasteiger partial charge in [0.15, 0.2) is 5.96 Å². The van der Waals surface area contributed by atoms with Crippen molar-refractivity contribution in [2.75, 3.05) is 46.4 Å². The lowest BCUT2D eigenvalue weighted by Crippen LogP contribution is -2.51. The third kappa shape index (κ3) is 7.61. The van der Waals surface area contributed by atoms with Crippen molar-refractivity contribution < 1.29 is 4.74 Å². The zero-order valence-corrected chi connectivity index (χ0v) is 21.8. The molecule has 0 saturated carbocycles. The molecule has 0 amide bonds. The van der Waals surface area contributed by atoms with Crippen molar-refractivity contribution in [1.29, 1.82) is 0 Å². The standard InChI is InChI=1S/C23H38N6O.HI/c1-18(2)16-20(28-12-14-30-15-13-28)17-26-23(24-4)25-10-7-11-29-19(3)27-21-8-5-6-9-22(21)29;/h5-6,8-9,18,20H,7,10-17H2,1-4H3,(H2,24,25,26);1H. The van der Waals surface area contributed by atoms with Crippen molar-refractivity contribution in [1.82, 2.24) is 25.1 Å². The average Bonchev–Trinajstić information content (AvgIpc) is 3.07. The quantitative estimate of drug-likeness (QED) is 0.221. The smallest absolute Gasteiger partial charge is 0.191 e. The van der Waals surface area contributed by atoms with Gasteiger partial charge in [0.05, 0.1) is 24.2 Å².